The molecule has 7 heteroatoms. The molecule has 1 fully saturated rings. The summed E-state index contributed by atoms with van der Waals surface area (Å²) in [5.74, 6) is 2.20. The summed E-state index contributed by atoms with van der Waals surface area (Å²) in [6.07, 6.45) is 5.35. The van der Waals surface area contributed by atoms with Crippen LogP contribution in [-0.2, 0) is 25.1 Å². The molecule has 37 heavy (non-hydrogen) atoms. The fourth-order valence-electron chi connectivity index (χ4n) is 4.73. The van der Waals surface area contributed by atoms with Crippen LogP contribution in [0.25, 0.3) is 33.2 Å². The molecule has 0 radical (unpaired) electrons. The van der Waals surface area contributed by atoms with E-state index in [0.29, 0.717) is 0 Å². The van der Waals surface area contributed by atoms with E-state index in [1.54, 1.807) is 0 Å². The molecule has 4 aromatic carbocycles. The zero-order valence-electron chi connectivity index (χ0n) is 19.8. The second kappa shape index (κ2) is 10.2. The maximum atomic E-state index is 4.79. The summed E-state index contributed by atoms with van der Waals surface area (Å²) in [5.41, 5.74) is 6.16. The summed E-state index contributed by atoms with van der Waals surface area (Å²) in [4.78, 5) is 0. The summed E-state index contributed by atoms with van der Waals surface area (Å²) in [7, 11) is 0. The van der Waals surface area contributed by atoms with Gasteiger partial charge in [-0.1, -0.05) is 36.4 Å². The maximum absolute atomic E-state index is 4.79. The molecular formula is C30H22N4PtS2. The molecule has 3 heterocycles. The molecule has 1 aliphatic heterocycles. The van der Waals surface area contributed by atoms with E-state index in [9.17, 15) is 0 Å². The molecule has 184 valence electrons. The Labute approximate surface area is 238 Å². The van der Waals surface area contributed by atoms with Crippen molar-refractivity contribution in [2.24, 2.45) is 0 Å². The van der Waals surface area contributed by atoms with Crippen LogP contribution in [0, 0.1) is 12.1 Å². The van der Waals surface area contributed by atoms with Crippen molar-refractivity contribution in [3.63, 3.8) is 0 Å². The summed E-state index contributed by atoms with van der Waals surface area (Å²) >= 11 is 3.95. The van der Waals surface area contributed by atoms with Gasteiger partial charge in [-0.25, -0.2) is 0 Å². The van der Waals surface area contributed by atoms with Crippen LogP contribution in [0.4, 0.5) is 0 Å². The molecule has 0 spiro atoms. The third kappa shape index (κ3) is 4.45. The van der Waals surface area contributed by atoms with Crippen molar-refractivity contribution < 1.29 is 21.1 Å². The monoisotopic (exact) mass is 697 g/mol. The molecule has 0 N–H and O–H groups in total. The topological polar surface area (TPSA) is 35.6 Å². The van der Waals surface area contributed by atoms with E-state index in [1.807, 2.05) is 69.3 Å². The SMILES string of the molecule is [Pt+2].[c-]1c(-n2cc3ccccc3n2)cccc1C1(c2[c-]c(-n3cc4ccccc4n3)ccc2)SCCCS1. The number of hydrogen-bond donors (Lipinski definition) is 0. The van der Waals surface area contributed by atoms with Crippen molar-refractivity contribution in [3.05, 3.63) is 121 Å². The van der Waals surface area contributed by atoms with Gasteiger partial charge < -0.3 is 0 Å². The van der Waals surface area contributed by atoms with Gasteiger partial charge in [0.15, 0.2) is 0 Å². The van der Waals surface area contributed by atoms with E-state index in [-0.39, 0.29) is 25.1 Å². The number of rotatable bonds is 4. The molecule has 7 rings (SSSR count). The molecule has 0 bridgehead atoms. The van der Waals surface area contributed by atoms with Crippen LogP contribution in [0.2, 0.25) is 0 Å². The Kier molecular flexibility index (Phi) is 6.74. The molecule has 1 aliphatic rings. The quantitative estimate of drug-likeness (QED) is 0.186. The van der Waals surface area contributed by atoms with Crippen molar-refractivity contribution >= 4 is 45.3 Å². The number of hydrogen-bond acceptors (Lipinski definition) is 4. The summed E-state index contributed by atoms with van der Waals surface area (Å²) in [6.45, 7) is 0. The van der Waals surface area contributed by atoms with Crippen LogP contribution in [0.15, 0.2) is 97.3 Å². The second-order valence-electron chi connectivity index (χ2n) is 8.83. The predicted molar refractivity (Wildman–Crippen MR) is 150 cm³/mol. The van der Waals surface area contributed by atoms with Crippen molar-refractivity contribution in [2.45, 2.75) is 10.5 Å². The largest absolute Gasteiger partial charge is 2.00 e. The molecule has 1 saturated heterocycles. The van der Waals surface area contributed by atoms with Gasteiger partial charge in [-0.3, -0.25) is 9.36 Å². The number of thioether (sulfide) groups is 2. The van der Waals surface area contributed by atoms with Crippen molar-refractivity contribution in [1.82, 2.24) is 19.6 Å². The minimum atomic E-state index is -0.288. The summed E-state index contributed by atoms with van der Waals surface area (Å²) in [5, 5.41) is 11.8. The number of fused-ring (bicyclic) bond motifs is 2. The number of nitrogens with zero attached hydrogens (tertiary/aromatic N) is 4. The molecule has 0 aliphatic carbocycles. The Bertz CT molecular complexity index is 1520. The van der Waals surface area contributed by atoms with Gasteiger partial charge in [-0.15, -0.1) is 46.8 Å². The average Bonchev–Trinajstić information content (AvgIpc) is 3.58. The van der Waals surface area contributed by atoms with E-state index < -0.39 is 0 Å². The Hall–Kier alpha value is -2.79. The zero-order chi connectivity index (χ0) is 24.0. The smallest absolute Gasteiger partial charge is 0.264 e. The summed E-state index contributed by atoms with van der Waals surface area (Å²) < 4.78 is 3.59. The van der Waals surface area contributed by atoms with Gasteiger partial charge in [0.2, 0.25) is 0 Å². The van der Waals surface area contributed by atoms with Crippen molar-refractivity contribution in [1.29, 1.82) is 0 Å². The molecule has 6 aromatic rings. The molecule has 0 saturated carbocycles. The fraction of sp³-hybridized carbons (Fsp3) is 0.133. The van der Waals surface area contributed by atoms with E-state index in [2.05, 4.69) is 73.1 Å². The van der Waals surface area contributed by atoms with E-state index in [4.69, 9.17) is 10.2 Å². The van der Waals surface area contributed by atoms with Gasteiger partial charge in [0.25, 0.3) is 0 Å². The van der Waals surface area contributed by atoms with Gasteiger partial charge in [0.05, 0.1) is 15.1 Å². The average molecular weight is 698 g/mol. The van der Waals surface area contributed by atoms with Gasteiger partial charge >= 0.3 is 21.1 Å². The third-order valence-electron chi connectivity index (χ3n) is 6.49. The third-order valence-corrected chi connectivity index (χ3v) is 9.87. The zero-order valence-corrected chi connectivity index (χ0v) is 23.7. The van der Waals surface area contributed by atoms with Gasteiger partial charge in [-0.05, 0) is 41.4 Å². The van der Waals surface area contributed by atoms with Crippen LogP contribution < -0.4 is 0 Å². The molecular weight excluding hydrogens is 676 g/mol. The molecule has 2 aromatic heterocycles. The second-order valence-corrected chi connectivity index (χ2v) is 11.7. The van der Waals surface area contributed by atoms with Crippen LogP contribution in [0.1, 0.15) is 17.5 Å². The first-order valence-corrected chi connectivity index (χ1v) is 14.0. The minimum absolute atomic E-state index is 0. The standard InChI is InChI=1S/C30H22N4S2.Pt/c1-3-14-28-22(8-1)20-33(31-28)26-12-5-10-24(18-26)30(35-16-7-17-36-30)25-11-6-13-27(19-25)34-21-23-9-2-4-15-29(23)32-34;/h1-6,8-15,20-21H,7,16-17H2;/q-2;+2. The van der Waals surface area contributed by atoms with E-state index >= 15 is 0 Å². The Morgan fingerprint density at radius 2 is 1.11 bits per heavy atom. The van der Waals surface area contributed by atoms with Crippen molar-refractivity contribution in [3.8, 4) is 11.4 Å². The molecule has 0 amide bonds. The van der Waals surface area contributed by atoms with Gasteiger partial charge in [0.1, 0.15) is 0 Å². The Balaban J connectivity index is 0.00000252. The first kappa shape index (κ1) is 24.5. The maximum Gasteiger partial charge on any atom is 2.00 e. The Morgan fingerprint density at radius 3 is 1.59 bits per heavy atom. The molecule has 4 nitrogen and oxygen atoms in total. The number of benzene rings is 4. The fourth-order valence-corrected chi connectivity index (χ4v) is 8.00. The van der Waals surface area contributed by atoms with E-state index in [0.717, 1.165) is 55.8 Å². The van der Waals surface area contributed by atoms with Crippen molar-refractivity contribution in [2.75, 3.05) is 11.5 Å². The van der Waals surface area contributed by atoms with Gasteiger partial charge in [-0.2, -0.15) is 46.6 Å². The first-order chi connectivity index (χ1) is 17.8. The normalized spacial score (nSPS) is 15.0. The summed E-state index contributed by atoms with van der Waals surface area (Å²) in [6, 6.07) is 36.7. The Morgan fingerprint density at radius 1 is 0.622 bits per heavy atom. The molecule has 0 unspecified atom stereocenters. The minimum Gasteiger partial charge on any atom is -0.264 e. The van der Waals surface area contributed by atoms with Gasteiger partial charge in [0, 0.05) is 23.2 Å². The van der Waals surface area contributed by atoms with E-state index in [1.165, 1.54) is 6.42 Å². The van der Waals surface area contributed by atoms with Crippen LogP contribution in [0.3, 0.4) is 0 Å². The number of aromatic nitrogens is 4. The van der Waals surface area contributed by atoms with Crippen LogP contribution in [-0.4, -0.2) is 31.1 Å². The van der Waals surface area contributed by atoms with Crippen LogP contribution in [0.5, 0.6) is 0 Å². The first-order valence-electron chi connectivity index (χ1n) is 12.0. The predicted octanol–water partition coefficient (Wildman–Crippen LogP) is 7.03. The molecule has 0 atom stereocenters. The van der Waals surface area contributed by atoms with Crippen LogP contribution >= 0.6 is 23.5 Å².